The van der Waals surface area contributed by atoms with Crippen LogP contribution in [0.4, 0.5) is 4.79 Å². The Labute approximate surface area is 198 Å². The molecule has 0 bridgehead atoms. The van der Waals surface area contributed by atoms with Crippen LogP contribution in [0.2, 0.25) is 0 Å². The van der Waals surface area contributed by atoms with Crippen LogP contribution in [0.25, 0.3) is 33.4 Å². The second-order valence-electron chi connectivity index (χ2n) is 7.76. The van der Waals surface area contributed by atoms with Crippen molar-refractivity contribution < 1.29 is 14.3 Å². The lowest BCUT2D eigenvalue weighted by Gasteiger charge is -2.15. The van der Waals surface area contributed by atoms with Crippen molar-refractivity contribution in [2.45, 2.75) is 0 Å². The fourth-order valence-electron chi connectivity index (χ4n) is 3.91. The van der Waals surface area contributed by atoms with E-state index < -0.39 is 6.16 Å². The van der Waals surface area contributed by atoms with Crippen molar-refractivity contribution in [2.75, 3.05) is 0 Å². The standard InChI is InChI=1S/C31H22O3/c32-31(33-27-19-10-18-26(22-27)23-12-4-1-5-13-23)34-30-28(24-14-6-2-7-15-24)20-11-21-29(30)25-16-8-3-9-17-25/h1-22H. The second kappa shape index (κ2) is 9.88. The Balaban J connectivity index is 1.47. The van der Waals surface area contributed by atoms with Gasteiger partial charge in [0.15, 0.2) is 0 Å². The van der Waals surface area contributed by atoms with Gasteiger partial charge in [-0.3, -0.25) is 0 Å². The Bertz CT molecular complexity index is 1340. The first kappa shape index (κ1) is 21.2. The van der Waals surface area contributed by atoms with Gasteiger partial charge in [0.05, 0.1) is 0 Å². The molecule has 5 aromatic carbocycles. The lowest BCUT2D eigenvalue weighted by molar-refractivity contribution is 0.152. The molecule has 0 aliphatic carbocycles. The van der Waals surface area contributed by atoms with E-state index in [1.807, 2.05) is 127 Å². The molecule has 0 unspecified atom stereocenters. The summed E-state index contributed by atoms with van der Waals surface area (Å²) in [5.41, 5.74) is 5.54. The molecular formula is C31H22O3. The normalized spacial score (nSPS) is 10.5. The maximum atomic E-state index is 13.0. The summed E-state index contributed by atoms with van der Waals surface area (Å²) in [5.74, 6) is 0.883. The topological polar surface area (TPSA) is 35.5 Å². The molecule has 0 saturated heterocycles. The van der Waals surface area contributed by atoms with E-state index in [4.69, 9.17) is 9.47 Å². The summed E-state index contributed by atoms with van der Waals surface area (Å²) in [6.45, 7) is 0. The monoisotopic (exact) mass is 442 g/mol. The molecule has 0 saturated carbocycles. The van der Waals surface area contributed by atoms with E-state index in [1.165, 1.54) is 0 Å². The fraction of sp³-hybridized carbons (Fsp3) is 0. The molecule has 5 rings (SSSR count). The van der Waals surface area contributed by atoms with Crippen molar-refractivity contribution in [3.05, 3.63) is 133 Å². The van der Waals surface area contributed by atoms with Gasteiger partial charge in [-0.2, -0.15) is 0 Å². The molecule has 0 fully saturated rings. The van der Waals surface area contributed by atoms with Crippen LogP contribution in [0.1, 0.15) is 0 Å². The molecule has 0 aliphatic rings. The van der Waals surface area contributed by atoms with Gasteiger partial charge in [-0.25, -0.2) is 4.79 Å². The molecule has 0 aromatic heterocycles. The highest BCUT2D eigenvalue weighted by Crippen LogP contribution is 2.39. The minimum absolute atomic E-state index is 0.421. The summed E-state index contributed by atoms with van der Waals surface area (Å²) in [7, 11) is 0. The molecule has 0 spiro atoms. The largest absolute Gasteiger partial charge is 0.519 e. The highest BCUT2D eigenvalue weighted by molar-refractivity contribution is 5.85. The molecular weight excluding hydrogens is 420 g/mol. The minimum Gasteiger partial charge on any atom is -0.395 e. The first-order valence-corrected chi connectivity index (χ1v) is 11.1. The van der Waals surface area contributed by atoms with Crippen molar-refractivity contribution in [3.8, 4) is 44.9 Å². The van der Waals surface area contributed by atoms with Gasteiger partial charge >= 0.3 is 6.16 Å². The van der Waals surface area contributed by atoms with E-state index in [0.29, 0.717) is 11.5 Å². The zero-order valence-electron chi connectivity index (χ0n) is 18.4. The number of hydrogen-bond acceptors (Lipinski definition) is 3. The first-order valence-electron chi connectivity index (χ1n) is 11.1. The van der Waals surface area contributed by atoms with Crippen LogP contribution in [-0.4, -0.2) is 6.16 Å². The number of rotatable bonds is 5. The molecule has 3 nitrogen and oxygen atoms in total. The summed E-state index contributed by atoms with van der Waals surface area (Å²) in [6, 6.07) is 42.9. The molecule has 5 aromatic rings. The number of benzene rings is 5. The molecule has 0 N–H and O–H groups in total. The third kappa shape index (κ3) is 4.74. The lowest BCUT2D eigenvalue weighted by Crippen LogP contribution is -2.15. The van der Waals surface area contributed by atoms with Gasteiger partial charge in [0, 0.05) is 11.1 Å². The number of ether oxygens (including phenoxy) is 2. The molecule has 3 heteroatoms. The third-order valence-corrected chi connectivity index (χ3v) is 5.51. The maximum Gasteiger partial charge on any atom is 0.519 e. The summed E-state index contributed by atoms with van der Waals surface area (Å²) >= 11 is 0. The molecule has 34 heavy (non-hydrogen) atoms. The predicted octanol–water partition coefficient (Wildman–Crippen LogP) is 8.27. The zero-order valence-corrected chi connectivity index (χ0v) is 18.4. The number of carbonyl (C=O) groups excluding carboxylic acids is 1. The molecule has 0 aliphatic heterocycles. The van der Waals surface area contributed by atoms with Gasteiger partial charge in [-0.1, -0.05) is 121 Å². The summed E-state index contributed by atoms with van der Waals surface area (Å²) in [6.07, 6.45) is -0.786. The number of para-hydroxylation sites is 1. The van der Waals surface area contributed by atoms with E-state index in [9.17, 15) is 4.79 Å². The summed E-state index contributed by atoms with van der Waals surface area (Å²) in [4.78, 5) is 13.0. The van der Waals surface area contributed by atoms with Crippen molar-refractivity contribution in [3.63, 3.8) is 0 Å². The molecule has 0 amide bonds. The molecule has 164 valence electrons. The summed E-state index contributed by atoms with van der Waals surface area (Å²) in [5, 5.41) is 0. The second-order valence-corrected chi connectivity index (χ2v) is 7.76. The van der Waals surface area contributed by atoms with Gasteiger partial charge in [-0.05, 0) is 34.4 Å². The van der Waals surface area contributed by atoms with Gasteiger partial charge in [-0.15, -0.1) is 0 Å². The van der Waals surface area contributed by atoms with Crippen molar-refractivity contribution in [1.29, 1.82) is 0 Å². The Hall–Kier alpha value is -4.63. The van der Waals surface area contributed by atoms with Crippen LogP contribution in [0.15, 0.2) is 133 Å². The van der Waals surface area contributed by atoms with Crippen LogP contribution < -0.4 is 9.47 Å². The van der Waals surface area contributed by atoms with Gasteiger partial charge in [0.1, 0.15) is 11.5 Å². The molecule has 0 atom stereocenters. The lowest BCUT2D eigenvalue weighted by atomic mass is 9.97. The Morgan fingerprint density at radius 2 is 0.912 bits per heavy atom. The van der Waals surface area contributed by atoms with E-state index in [2.05, 4.69) is 0 Å². The van der Waals surface area contributed by atoms with Crippen molar-refractivity contribution >= 4 is 6.16 Å². The van der Waals surface area contributed by atoms with Gasteiger partial charge in [0.25, 0.3) is 0 Å². The zero-order chi connectivity index (χ0) is 23.2. The van der Waals surface area contributed by atoms with Crippen LogP contribution in [0, 0.1) is 0 Å². The van der Waals surface area contributed by atoms with Crippen molar-refractivity contribution in [1.82, 2.24) is 0 Å². The quantitative estimate of drug-likeness (QED) is 0.203. The first-order chi connectivity index (χ1) is 16.8. The van der Waals surface area contributed by atoms with Gasteiger partial charge < -0.3 is 9.47 Å². The Kier molecular flexibility index (Phi) is 6.17. The highest BCUT2D eigenvalue weighted by atomic mass is 16.7. The van der Waals surface area contributed by atoms with E-state index in [0.717, 1.165) is 33.4 Å². The third-order valence-electron chi connectivity index (χ3n) is 5.51. The summed E-state index contributed by atoms with van der Waals surface area (Å²) < 4.78 is 11.5. The van der Waals surface area contributed by atoms with E-state index in [-0.39, 0.29) is 0 Å². The average molecular weight is 443 g/mol. The fourth-order valence-corrected chi connectivity index (χ4v) is 3.91. The van der Waals surface area contributed by atoms with E-state index >= 15 is 0 Å². The van der Waals surface area contributed by atoms with Gasteiger partial charge in [0.2, 0.25) is 0 Å². The van der Waals surface area contributed by atoms with Crippen LogP contribution in [0.3, 0.4) is 0 Å². The van der Waals surface area contributed by atoms with Crippen LogP contribution >= 0.6 is 0 Å². The van der Waals surface area contributed by atoms with Crippen LogP contribution in [-0.2, 0) is 0 Å². The minimum atomic E-state index is -0.786. The number of hydrogen-bond donors (Lipinski definition) is 0. The average Bonchev–Trinajstić information content (AvgIpc) is 2.90. The molecule has 0 radical (unpaired) electrons. The van der Waals surface area contributed by atoms with Crippen molar-refractivity contribution in [2.24, 2.45) is 0 Å². The smallest absolute Gasteiger partial charge is 0.395 e. The Morgan fingerprint density at radius 3 is 1.47 bits per heavy atom. The number of carbonyl (C=O) groups is 1. The SMILES string of the molecule is O=C(Oc1cccc(-c2ccccc2)c1)Oc1c(-c2ccccc2)cccc1-c1ccccc1. The maximum absolute atomic E-state index is 13.0. The highest BCUT2D eigenvalue weighted by Gasteiger charge is 2.18. The van der Waals surface area contributed by atoms with Crippen LogP contribution in [0.5, 0.6) is 11.5 Å². The van der Waals surface area contributed by atoms with E-state index in [1.54, 1.807) is 6.07 Å². The predicted molar refractivity (Wildman–Crippen MR) is 136 cm³/mol. The Morgan fingerprint density at radius 1 is 0.441 bits per heavy atom. The molecule has 0 heterocycles.